The van der Waals surface area contributed by atoms with Gasteiger partial charge in [0.2, 0.25) is 0 Å². The van der Waals surface area contributed by atoms with E-state index in [0.29, 0.717) is 31.9 Å². The van der Waals surface area contributed by atoms with Crippen molar-refractivity contribution >= 4 is 29.4 Å². The number of hydrogen-bond acceptors (Lipinski definition) is 8. The van der Waals surface area contributed by atoms with Crippen molar-refractivity contribution in [2.24, 2.45) is 4.99 Å². The smallest absolute Gasteiger partial charge is 0.338 e. The first-order chi connectivity index (χ1) is 16.9. The molecule has 0 N–H and O–H groups in total. The summed E-state index contributed by atoms with van der Waals surface area (Å²) in [6.45, 7) is 3.63. The van der Waals surface area contributed by atoms with Crippen molar-refractivity contribution in [1.29, 1.82) is 0 Å². The van der Waals surface area contributed by atoms with Gasteiger partial charge in [-0.3, -0.25) is 9.36 Å². The highest BCUT2D eigenvalue weighted by atomic mass is 32.1. The van der Waals surface area contributed by atoms with E-state index in [1.54, 1.807) is 51.3 Å². The summed E-state index contributed by atoms with van der Waals surface area (Å²) >= 11 is 1.24. The molecule has 0 amide bonds. The quantitative estimate of drug-likeness (QED) is 0.491. The van der Waals surface area contributed by atoms with Gasteiger partial charge in [0.05, 0.1) is 48.2 Å². The summed E-state index contributed by atoms with van der Waals surface area (Å²) < 4.78 is 17.3. The number of fused-ring (bicyclic) bond motifs is 1. The third-order valence-corrected chi connectivity index (χ3v) is 6.56. The number of esters is 2. The Balaban J connectivity index is 1.89. The van der Waals surface area contributed by atoms with Crippen LogP contribution in [0.15, 0.2) is 69.6 Å². The molecule has 1 aliphatic heterocycles. The third kappa shape index (κ3) is 4.67. The lowest BCUT2D eigenvalue weighted by atomic mass is 9.95. The highest BCUT2D eigenvalue weighted by molar-refractivity contribution is 7.07. The topological polar surface area (TPSA) is 96.2 Å². The van der Waals surface area contributed by atoms with E-state index in [0.717, 1.165) is 5.56 Å². The Hall–Kier alpha value is -3.98. The fourth-order valence-electron chi connectivity index (χ4n) is 3.88. The van der Waals surface area contributed by atoms with Crippen LogP contribution in [-0.2, 0) is 14.3 Å². The van der Waals surface area contributed by atoms with Crippen molar-refractivity contribution in [3.8, 4) is 5.75 Å². The summed E-state index contributed by atoms with van der Waals surface area (Å²) in [4.78, 5) is 43.5. The molecule has 0 unspecified atom stereocenters. The van der Waals surface area contributed by atoms with E-state index in [-0.39, 0.29) is 17.7 Å². The predicted molar refractivity (Wildman–Crippen MR) is 131 cm³/mol. The van der Waals surface area contributed by atoms with Gasteiger partial charge < -0.3 is 14.2 Å². The van der Waals surface area contributed by atoms with E-state index < -0.39 is 18.0 Å². The number of carbonyl (C=O) groups excluding carboxylic acids is 2. The van der Waals surface area contributed by atoms with Gasteiger partial charge in [-0.2, -0.15) is 0 Å². The molecule has 1 atom stereocenters. The average molecular weight is 493 g/mol. The van der Waals surface area contributed by atoms with E-state index in [4.69, 9.17) is 14.2 Å². The van der Waals surface area contributed by atoms with Crippen LogP contribution in [0, 0.1) is 0 Å². The van der Waals surface area contributed by atoms with Crippen molar-refractivity contribution in [1.82, 2.24) is 4.57 Å². The van der Waals surface area contributed by atoms with Crippen LogP contribution < -0.4 is 19.6 Å². The van der Waals surface area contributed by atoms with Crippen molar-refractivity contribution in [3.63, 3.8) is 0 Å². The fourth-order valence-corrected chi connectivity index (χ4v) is 4.92. The lowest BCUT2D eigenvalue weighted by Gasteiger charge is -2.24. The molecule has 1 aliphatic rings. The van der Waals surface area contributed by atoms with Gasteiger partial charge in [-0.05, 0) is 55.3 Å². The maximum Gasteiger partial charge on any atom is 0.338 e. The maximum absolute atomic E-state index is 13.6. The number of carbonyl (C=O) groups is 2. The zero-order valence-electron chi connectivity index (χ0n) is 19.7. The van der Waals surface area contributed by atoms with Crippen LogP contribution in [0.25, 0.3) is 6.08 Å². The first kappa shape index (κ1) is 24.2. The van der Waals surface area contributed by atoms with Crippen LogP contribution in [0.2, 0.25) is 0 Å². The molecular formula is C26H24N2O6S. The van der Waals surface area contributed by atoms with Crippen molar-refractivity contribution in [2.75, 3.05) is 20.8 Å². The maximum atomic E-state index is 13.6. The van der Waals surface area contributed by atoms with Gasteiger partial charge in [-0.25, -0.2) is 14.6 Å². The second kappa shape index (κ2) is 10.1. The van der Waals surface area contributed by atoms with Crippen LogP contribution in [0.3, 0.4) is 0 Å². The minimum atomic E-state index is -0.755. The molecule has 0 radical (unpaired) electrons. The predicted octanol–water partition coefficient (Wildman–Crippen LogP) is 2.59. The minimum Gasteiger partial charge on any atom is -0.497 e. The molecule has 9 heteroatoms. The molecular weight excluding hydrogens is 468 g/mol. The molecule has 8 nitrogen and oxygen atoms in total. The summed E-state index contributed by atoms with van der Waals surface area (Å²) in [7, 11) is 2.90. The van der Waals surface area contributed by atoms with Gasteiger partial charge in [0, 0.05) is 0 Å². The van der Waals surface area contributed by atoms with Crippen molar-refractivity contribution in [2.45, 2.75) is 19.9 Å². The number of methoxy groups -OCH3 is 2. The van der Waals surface area contributed by atoms with Crippen LogP contribution in [0.5, 0.6) is 5.75 Å². The van der Waals surface area contributed by atoms with E-state index in [9.17, 15) is 14.4 Å². The average Bonchev–Trinajstić information content (AvgIpc) is 3.17. The highest BCUT2D eigenvalue weighted by Gasteiger charge is 2.33. The Morgan fingerprint density at radius 3 is 2.34 bits per heavy atom. The van der Waals surface area contributed by atoms with Gasteiger partial charge in [-0.1, -0.05) is 35.6 Å². The van der Waals surface area contributed by atoms with Gasteiger partial charge in [0.15, 0.2) is 4.80 Å². The van der Waals surface area contributed by atoms with E-state index in [2.05, 4.69) is 4.99 Å². The second-order valence-corrected chi connectivity index (χ2v) is 8.70. The first-order valence-electron chi connectivity index (χ1n) is 10.9. The Morgan fingerprint density at radius 2 is 1.74 bits per heavy atom. The third-order valence-electron chi connectivity index (χ3n) is 5.58. The number of benzene rings is 2. The zero-order chi connectivity index (χ0) is 25.1. The Morgan fingerprint density at radius 1 is 1.06 bits per heavy atom. The summed E-state index contributed by atoms with van der Waals surface area (Å²) in [5, 5.41) is 0. The molecule has 0 aliphatic carbocycles. The Labute approximate surface area is 205 Å². The number of thiazole rings is 1. The largest absolute Gasteiger partial charge is 0.497 e. The number of nitrogens with zero attached hydrogens (tertiary/aromatic N) is 2. The van der Waals surface area contributed by atoms with Crippen LogP contribution in [0.4, 0.5) is 0 Å². The highest BCUT2D eigenvalue weighted by Crippen LogP contribution is 2.31. The summed E-state index contributed by atoms with van der Waals surface area (Å²) in [5.74, 6) is -0.300. The van der Waals surface area contributed by atoms with Crippen molar-refractivity contribution < 1.29 is 23.8 Å². The van der Waals surface area contributed by atoms with Crippen LogP contribution in [0.1, 0.15) is 41.4 Å². The summed E-state index contributed by atoms with van der Waals surface area (Å²) in [6.07, 6.45) is 1.78. The Bertz CT molecular complexity index is 1480. The number of aromatic nitrogens is 1. The van der Waals surface area contributed by atoms with Crippen molar-refractivity contribution in [3.05, 3.63) is 96.2 Å². The van der Waals surface area contributed by atoms with E-state index >= 15 is 0 Å². The summed E-state index contributed by atoms with van der Waals surface area (Å²) in [6, 6.07) is 13.2. The fraction of sp³-hybridized carbons (Fsp3) is 0.231. The normalized spacial score (nSPS) is 15.3. The van der Waals surface area contributed by atoms with E-state index in [1.165, 1.54) is 23.0 Å². The number of rotatable bonds is 6. The molecule has 1 aromatic heterocycles. The molecule has 0 bridgehead atoms. The number of ether oxygens (including phenoxy) is 3. The lowest BCUT2D eigenvalue weighted by Crippen LogP contribution is -2.39. The van der Waals surface area contributed by atoms with E-state index in [1.807, 2.05) is 24.3 Å². The van der Waals surface area contributed by atoms with Gasteiger partial charge in [0.1, 0.15) is 5.75 Å². The number of hydrogen-bond donors (Lipinski definition) is 0. The molecule has 0 saturated carbocycles. The summed E-state index contributed by atoms with van der Waals surface area (Å²) in [5.41, 5.74) is 2.31. The van der Waals surface area contributed by atoms with Gasteiger partial charge >= 0.3 is 11.9 Å². The minimum absolute atomic E-state index is 0.186. The first-order valence-corrected chi connectivity index (χ1v) is 11.7. The molecule has 0 saturated heterocycles. The standard InChI is InChI=1S/C26H24N2O6S/c1-5-34-25(31)21-15(2)27-26-28(22(21)17-8-10-18(11-9-17)24(30)33-4)23(29)20(35-26)14-16-6-12-19(32-3)13-7-16/h6-14,22H,5H2,1-4H3/b20-14-/t22-/m0/s1. The second-order valence-electron chi connectivity index (χ2n) is 7.69. The molecule has 2 heterocycles. The van der Waals surface area contributed by atoms with Crippen LogP contribution >= 0.6 is 11.3 Å². The van der Waals surface area contributed by atoms with Gasteiger partial charge in [0.25, 0.3) is 5.56 Å². The molecule has 3 aromatic rings. The molecule has 4 rings (SSSR count). The van der Waals surface area contributed by atoms with Gasteiger partial charge in [-0.15, -0.1) is 0 Å². The Kier molecular flexibility index (Phi) is 6.97. The van der Waals surface area contributed by atoms with Crippen LogP contribution in [-0.4, -0.2) is 37.3 Å². The monoisotopic (exact) mass is 492 g/mol. The number of allylic oxidation sites excluding steroid dienone is 1. The lowest BCUT2D eigenvalue weighted by molar-refractivity contribution is -0.139. The molecule has 0 spiro atoms. The molecule has 0 fully saturated rings. The molecule has 35 heavy (non-hydrogen) atoms. The SMILES string of the molecule is CCOC(=O)C1=C(C)N=c2s/c(=C\c3ccc(OC)cc3)c(=O)n2[C@H]1c1ccc(C(=O)OC)cc1. The zero-order valence-corrected chi connectivity index (χ0v) is 20.5. The molecule has 2 aromatic carbocycles. The molecule has 180 valence electrons.